The number of carbonyl (C=O) groups excluding carboxylic acids is 4. The molecule has 0 aliphatic carbocycles. The first-order valence-corrected chi connectivity index (χ1v) is 25.8. The fraction of sp³-hybridized carbons (Fsp3) is 0.630. The third-order valence-corrected chi connectivity index (χ3v) is 15.2. The van der Waals surface area contributed by atoms with Crippen molar-refractivity contribution in [2.45, 2.75) is 124 Å². The van der Waals surface area contributed by atoms with Crippen molar-refractivity contribution in [3.05, 3.63) is 58.0 Å². The third-order valence-electron chi connectivity index (χ3n) is 15.2. The van der Waals surface area contributed by atoms with Crippen molar-refractivity contribution in [1.82, 2.24) is 15.1 Å². The molecular formula is C54H76N6O13. The summed E-state index contributed by atoms with van der Waals surface area (Å²) in [5, 5.41) is 53.7. The smallest absolute Gasteiger partial charge is 0.315 e. The molecule has 8 rings (SSSR count). The lowest BCUT2D eigenvalue weighted by Crippen LogP contribution is -2.47. The minimum atomic E-state index is -2.02. The van der Waals surface area contributed by atoms with E-state index < -0.39 is 101 Å². The number of ketones is 1. The van der Waals surface area contributed by atoms with E-state index in [4.69, 9.17) is 33.7 Å². The van der Waals surface area contributed by atoms with E-state index in [1.54, 1.807) is 59.8 Å². The van der Waals surface area contributed by atoms with E-state index in [1.165, 1.54) is 26.4 Å². The van der Waals surface area contributed by atoms with Crippen LogP contribution in [0, 0.1) is 36.5 Å². The summed E-state index contributed by atoms with van der Waals surface area (Å²) in [7, 11) is 1.44. The number of nitrogens with one attached hydrogen (secondary N) is 2. The molecule has 6 heterocycles. The number of morpholine rings is 1. The first-order valence-electron chi connectivity index (χ1n) is 25.8. The van der Waals surface area contributed by atoms with Gasteiger partial charge in [0.05, 0.1) is 54.1 Å². The number of likely N-dealkylation sites (tertiary alicyclic amines) is 1. The molecule has 73 heavy (non-hydrogen) atoms. The maximum absolute atomic E-state index is 14.9. The number of amides is 2. The Bertz CT molecular complexity index is 2640. The SMILES string of the molecule is CO[C@H]1/C=C/O[C@@]2(C)Oc3c(C)c(O)c4c(O)c(c5c(c4c3C2=O)=NC2(CCN(CC(C)C)CC2)N=5)NC(=O)/C(C)=C\C=C\[C@H](C)[C@H](O)[C@@H](C)[C@@H](O)[C@@H](C)[C@H](OC(=O)CC(=O)NCCCN2CCOCC2)[C@@H]1C. The largest absolute Gasteiger partial charge is 0.507 e. The summed E-state index contributed by atoms with van der Waals surface area (Å²) in [5.74, 6) is -7.91. The standard InChI is InChI=1S/C54H76N6O13/c1-29(2)28-60-20-16-54(17-21-60)57-42-39-40-47(65)35(8)50-41(39)51(67)53(9,73-50)71-24-15-36(69-10)32(5)49(72-38(62)27-37(61)55-18-12-19-59-22-25-70-26-23-59)34(7)46(64)33(6)45(63)30(3)13-11-14-31(4)52(68)56-44(48(40)66)43(42)58-54/h11,13-15,24,29-30,32-34,36,45-46,49,63-66H,12,16-23,25-28H2,1-10H3,(H,55,61)(H,56,68)/b13-11+,24-15+,31-14-/t30-,32+,33+,34+,36-,45-,46+,49+,53-/m0/s1. The van der Waals surface area contributed by atoms with E-state index >= 15 is 0 Å². The lowest BCUT2D eigenvalue weighted by Gasteiger charge is -2.38. The van der Waals surface area contributed by atoms with Gasteiger partial charge in [0.25, 0.3) is 11.7 Å². The molecule has 2 saturated heterocycles. The van der Waals surface area contributed by atoms with E-state index in [0.29, 0.717) is 58.0 Å². The zero-order valence-electron chi connectivity index (χ0n) is 44.0. The molecular weight excluding hydrogens is 941 g/mol. The van der Waals surface area contributed by atoms with Crippen molar-refractivity contribution in [2.24, 2.45) is 39.6 Å². The first kappa shape index (κ1) is 55.3. The van der Waals surface area contributed by atoms with E-state index in [1.807, 2.05) is 0 Å². The first-order chi connectivity index (χ1) is 34.6. The third kappa shape index (κ3) is 11.8. The summed E-state index contributed by atoms with van der Waals surface area (Å²) in [6, 6.07) is 0. The number of fused-ring (bicyclic) bond motifs is 13. The van der Waals surface area contributed by atoms with Crippen molar-refractivity contribution in [2.75, 3.05) is 71.5 Å². The number of hydrogen-bond acceptors (Lipinski definition) is 17. The summed E-state index contributed by atoms with van der Waals surface area (Å²) in [4.78, 5) is 70.5. The molecule has 1 spiro atoms. The molecule has 2 aromatic carbocycles. The van der Waals surface area contributed by atoms with Gasteiger partial charge in [-0.25, -0.2) is 0 Å². The van der Waals surface area contributed by atoms with Gasteiger partial charge in [0.2, 0.25) is 5.91 Å². The zero-order valence-corrected chi connectivity index (χ0v) is 44.0. The number of aliphatic hydroxyl groups excluding tert-OH is 2. The fourth-order valence-electron chi connectivity index (χ4n) is 10.8. The highest BCUT2D eigenvalue weighted by Gasteiger charge is 2.50. The number of phenolic OH excluding ortho intramolecular Hbond substituents is 2. The summed E-state index contributed by atoms with van der Waals surface area (Å²) in [6.07, 6.45) is 4.45. The molecule has 5 bridgehead atoms. The van der Waals surface area contributed by atoms with Gasteiger partial charge in [0, 0.05) is 106 Å². The number of anilines is 1. The van der Waals surface area contributed by atoms with Crippen LogP contribution in [0.15, 0.2) is 46.1 Å². The van der Waals surface area contributed by atoms with Crippen LogP contribution < -0.4 is 26.1 Å². The van der Waals surface area contributed by atoms with Crippen molar-refractivity contribution in [3.8, 4) is 17.2 Å². The number of carbonyl (C=O) groups is 4. The predicted molar refractivity (Wildman–Crippen MR) is 272 cm³/mol. The Morgan fingerprint density at radius 2 is 1.60 bits per heavy atom. The van der Waals surface area contributed by atoms with Crippen LogP contribution in [0.5, 0.6) is 17.2 Å². The monoisotopic (exact) mass is 1020 g/mol. The topological polar surface area (TPSA) is 251 Å². The van der Waals surface area contributed by atoms with Gasteiger partial charge in [-0.2, -0.15) is 0 Å². The second kappa shape index (κ2) is 23.0. The number of phenols is 2. The Morgan fingerprint density at radius 3 is 2.27 bits per heavy atom. The number of benzene rings is 2. The number of Topliss-reactive ketones (excluding diaryl/α,β-unsaturated/α-hetero) is 1. The highest BCUT2D eigenvalue weighted by Crippen LogP contribution is 2.50. The second-order valence-corrected chi connectivity index (χ2v) is 21.2. The van der Waals surface area contributed by atoms with E-state index in [9.17, 15) is 39.6 Å². The van der Waals surface area contributed by atoms with Crippen LogP contribution >= 0.6 is 0 Å². The molecule has 19 nitrogen and oxygen atoms in total. The van der Waals surface area contributed by atoms with Crippen molar-refractivity contribution < 1.29 is 63.3 Å². The maximum Gasteiger partial charge on any atom is 0.315 e. The molecule has 6 aliphatic heterocycles. The Kier molecular flexibility index (Phi) is 17.4. The van der Waals surface area contributed by atoms with Crippen LogP contribution in [-0.4, -0.2) is 156 Å². The molecule has 2 amide bonds. The number of hydrogen-bond donors (Lipinski definition) is 6. The summed E-state index contributed by atoms with van der Waals surface area (Å²) in [5.41, 5.74) is -0.701. The quantitative estimate of drug-likeness (QED) is 0.0854. The Balaban J connectivity index is 1.25. The fourth-order valence-corrected chi connectivity index (χ4v) is 10.8. The van der Waals surface area contributed by atoms with E-state index in [0.717, 1.165) is 26.2 Å². The van der Waals surface area contributed by atoms with Gasteiger partial charge in [0.1, 0.15) is 35.1 Å². The number of methoxy groups -OCH3 is 1. The Labute approximate surface area is 427 Å². The van der Waals surface area contributed by atoms with Crippen LogP contribution in [0.1, 0.15) is 97.0 Å². The average Bonchev–Trinajstić information content (AvgIpc) is 3.86. The van der Waals surface area contributed by atoms with Gasteiger partial charge in [-0.3, -0.25) is 34.1 Å². The van der Waals surface area contributed by atoms with Crippen LogP contribution in [-0.2, 0) is 33.3 Å². The summed E-state index contributed by atoms with van der Waals surface area (Å²) in [6.45, 7) is 22.1. The lowest BCUT2D eigenvalue weighted by molar-refractivity contribution is -0.164. The van der Waals surface area contributed by atoms with E-state index in [-0.39, 0.29) is 49.6 Å². The Hall–Kier alpha value is -5.44. The predicted octanol–water partition coefficient (Wildman–Crippen LogP) is 3.96. The molecule has 0 radical (unpaired) electrons. The second-order valence-electron chi connectivity index (χ2n) is 21.2. The minimum Gasteiger partial charge on any atom is -0.507 e. The molecule has 6 N–H and O–H groups in total. The van der Waals surface area contributed by atoms with Gasteiger partial charge in [-0.05, 0) is 38.8 Å². The molecule has 2 aromatic rings. The van der Waals surface area contributed by atoms with Gasteiger partial charge >= 0.3 is 11.8 Å². The van der Waals surface area contributed by atoms with Crippen molar-refractivity contribution in [1.29, 1.82) is 0 Å². The van der Waals surface area contributed by atoms with Crippen molar-refractivity contribution >= 4 is 40.0 Å². The summed E-state index contributed by atoms with van der Waals surface area (Å²) >= 11 is 0. The highest BCUT2D eigenvalue weighted by atomic mass is 16.7. The summed E-state index contributed by atoms with van der Waals surface area (Å²) < 4.78 is 29.9. The van der Waals surface area contributed by atoms with Gasteiger partial charge < -0.3 is 59.6 Å². The molecule has 0 saturated carbocycles. The molecule has 0 aromatic heterocycles. The van der Waals surface area contributed by atoms with Gasteiger partial charge in [-0.15, -0.1) is 0 Å². The zero-order chi connectivity index (χ0) is 53.1. The van der Waals surface area contributed by atoms with E-state index in [2.05, 4.69) is 34.3 Å². The van der Waals surface area contributed by atoms with Gasteiger partial charge in [0.15, 0.2) is 11.4 Å². The normalized spacial score (nSPS) is 30.7. The van der Waals surface area contributed by atoms with Gasteiger partial charge in [-0.1, -0.05) is 59.8 Å². The van der Waals surface area contributed by atoms with Crippen LogP contribution in [0.3, 0.4) is 0 Å². The van der Waals surface area contributed by atoms with Crippen LogP contribution in [0.2, 0.25) is 0 Å². The molecule has 0 unspecified atom stereocenters. The number of esters is 1. The lowest BCUT2D eigenvalue weighted by atomic mass is 9.78. The molecule has 19 heteroatoms. The number of allylic oxidation sites excluding steroid dienone is 2. The Morgan fingerprint density at radius 1 is 0.918 bits per heavy atom. The van der Waals surface area contributed by atoms with Crippen LogP contribution in [0.25, 0.3) is 10.8 Å². The minimum absolute atomic E-state index is 0.00700. The van der Waals surface area contributed by atoms with Crippen molar-refractivity contribution in [3.63, 3.8) is 0 Å². The number of piperidine rings is 1. The number of aromatic hydroxyl groups is 2. The molecule has 6 aliphatic rings. The number of aliphatic hydroxyl groups is 2. The van der Waals surface area contributed by atoms with Crippen LogP contribution in [0.4, 0.5) is 5.69 Å². The number of nitrogens with zero attached hydrogens (tertiary/aromatic N) is 4. The molecule has 9 atom stereocenters. The molecule has 2 fully saturated rings. The highest BCUT2D eigenvalue weighted by molar-refractivity contribution is 6.19. The molecule has 400 valence electrons. The average molecular weight is 1020 g/mol. The number of rotatable bonds is 10. The number of ether oxygens (including phenoxy) is 5. The maximum atomic E-state index is 14.9.